The van der Waals surface area contributed by atoms with E-state index in [0.29, 0.717) is 0 Å². The molecule has 0 amide bonds. The largest absolute Gasteiger partial charge is 0.0961 e. The van der Waals surface area contributed by atoms with Crippen LogP contribution in [0.3, 0.4) is 0 Å². The Labute approximate surface area is 86.9 Å². The first-order valence-electron chi connectivity index (χ1n) is 4.77. The van der Waals surface area contributed by atoms with Gasteiger partial charge in [-0.05, 0) is 25.4 Å². The van der Waals surface area contributed by atoms with Gasteiger partial charge in [0.15, 0.2) is 0 Å². The van der Waals surface area contributed by atoms with Gasteiger partial charge in [0, 0.05) is 6.16 Å². The maximum absolute atomic E-state index is 6.26. The van der Waals surface area contributed by atoms with Gasteiger partial charge in [0.2, 0.25) is 0 Å². The Kier molecular flexibility index (Phi) is 5.43. The van der Waals surface area contributed by atoms with Crippen LogP contribution in [0, 0.1) is 0 Å². The highest BCUT2D eigenvalue weighted by atomic mass is 35.7. The lowest BCUT2D eigenvalue weighted by Gasteiger charge is -2.08. The van der Waals surface area contributed by atoms with E-state index < -0.39 is 0 Å². The smallest absolute Gasteiger partial charge is 0.00658 e. The van der Waals surface area contributed by atoms with Gasteiger partial charge in [0.25, 0.3) is 0 Å². The third-order valence-corrected chi connectivity index (χ3v) is 4.33. The summed E-state index contributed by atoms with van der Waals surface area (Å²) in [6.07, 6.45) is 4.78. The van der Waals surface area contributed by atoms with Crippen LogP contribution in [0.5, 0.6) is 0 Å². The molecule has 0 radical (unpaired) electrons. The molecule has 0 spiro atoms. The lowest BCUT2D eigenvalue weighted by molar-refractivity contribution is 0.892. The molecule has 1 aromatic rings. The van der Waals surface area contributed by atoms with Crippen molar-refractivity contribution < 1.29 is 0 Å². The van der Waals surface area contributed by atoms with Crippen molar-refractivity contribution in [2.75, 3.05) is 6.16 Å². The van der Waals surface area contributed by atoms with Gasteiger partial charge in [-0.25, -0.2) is 0 Å². The van der Waals surface area contributed by atoms with Gasteiger partial charge in [-0.2, -0.15) is 0 Å². The van der Waals surface area contributed by atoms with Gasteiger partial charge in [-0.3, -0.25) is 0 Å². The summed E-state index contributed by atoms with van der Waals surface area (Å²) in [5, 5.41) is 0. The molecule has 0 saturated heterocycles. The zero-order valence-corrected chi connectivity index (χ0v) is 9.69. The predicted octanol–water partition coefficient (Wildman–Crippen LogP) is 4.62. The van der Waals surface area contributed by atoms with E-state index in [2.05, 4.69) is 31.2 Å². The summed E-state index contributed by atoms with van der Waals surface area (Å²) in [5.41, 5.74) is 1.37. The van der Waals surface area contributed by atoms with E-state index in [1.54, 1.807) is 0 Å². The maximum atomic E-state index is 6.26. The number of hydrogen-bond acceptors (Lipinski definition) is 0. The second-order valence-corrected chi connectivity index (χ2v) is 6.31. The summed E-state index contributed by atoms with van der Waals surface area (Å²) in [6.45, 7) is 2.21. The first-order valence-corrected chi connectivity index (χ1v) is 7.39. The Balaban J connectivity index is 2.32. The van der Waals surface area contributed by atoms with Gasteiger partial charge in [-0.15, -0.1) is 0 Å². The summed E-state index contributed by atoms with van der Waals surface area (Å²) < 4.78 is 0. The molecule has 0 heterocycles. The molecular formula is C11H16ClP. The lowest BCUT2D eigenvalue weighted by atomic mass is 10.2. The van der Waals surface area contributed by atoms with E-state index in [9.17, 15) is 0 Å². The van der Waals surface area contributed by atoms with Crippen molar-refractivity contribution in [2.45, 2.75) is 25.9 Å². The molecule has 72 valence electrons. The quantitative estimate of drug-likeness (QED) is 0.628. The van der Waals surface area contributed by atoms with Crippen LogP contribution in [-0.2, 0) is 6.16 Å². The number of unbranched alkanes of at least 4 members (excludes halogenated alkanes) is 1. The van der Waals surface area contributed by atoms with Crippen LogP contribution >= 0.6 is 18.5 Å². The molecule has 13 heavy (non-hydrogen) atoms. The fourth-order valence-electron chi connectivity index (χ4n) is 1.19. The van der Waals surface area contributed by atoms with Crippen molar-refractivity contribution in [1.29, 1.82) is 0 Å². The lowest BCUT2D eigenvalue weighted by Crippen LogP contribution is -1.84. The summed E-state index contributed by atoms with van der Waals surface area (Å²) in [7, 11) is -0.291. The van der Waals surface area contributed by atoms with Gasteiger partial charge in [0.05, 0.1) is 0 Å². The molecule has 1 atom stereocenters. The van der Waals surface area contributed by atoms with E-state index in [4.69, 9.17) is 11.2 Å². The van der Waals surface area contributed by atoms with Gasteiger partial charge >= 0.3 is 0 Å². The zero-order valence-electron chi connectivity index (χ0n) is 8.04. The fourth-order valence-corrected chi connectivity index (χ4v) is 3.39. The first-order chi connectivity index (χ1) is 6.33. The zero-order chi connectivity index (χ0) is 9.52. The fraction of sp³-hybridized carbons (Fsp3) is 0.455. The summed E-state index contributed by atoms with van der Waals surface area (Å²) in [6, 6.07) is 10.5. The minimum atomic E-state index is -0.291. The Hall–Kier alpha value is -0.0600. The summed E-state index contributed by atoms with van der Waals surface area (Å²) in [5.74, 6) is 0. The van der Waals surface area contributed by atoms with Crippen molar-refractivity contribution in [2.24, 2.45) is 0 Å². The highest BCUT2D eigenvalue weighted by molar-refractivity contribution is 7.83. The van der Waals surface area contributed by atoms with Gasteiger partial charge in [-0.1, -0.05) is 54.9 Å². The minimum Gasteiger partial charge on any atom is -0.0961 e. The molecular weight excluding hydrogens is 199 g/mol. The second kappa shape index (κ2) is 6.40. The van der Waals surface area contributed by atoms with Crippen LogP contribution < -0.4 is 0 Å². The molecule has 1 aromatic carbocycles. The molecule has 0 saturated carbocycles. The van der Waals surface area contributed by atoms with Crippen molar-refractivity contribution in [1.82, 2.24) is 0 Å². The van der Waals surface area contributed by atoms with Crippen molar-refractivity contribution >= 4 is 18.5 Å². The predicted molar refractivity (Wildman–Crippen MR) is 62.7 cm³/mol. The molecule has 0 aromatic heterocycles. The normalized spacial score (nSPS) is 12.8. The third kappa shape index (κ3) is 4.64. The van der Waals surface area contributed by atoms with Crippen LogP contribution in [0.4, 0.5) is 0 Å². The molecule has 0 aliphatic heterocycles. The Morgan fingerprint density at radius 2 is 1.92 bits per heavy atom. The molecule has 2 heteroatoms. The molecule has 0 bridgehead atoms. The van der Waals surface area contributed by atoms with E-state index in [-0.39, 0.29) is 7.27 Å². The average Bonchev–Trinajstić information content (AvgIpc) is 2.16. The maximum Gasteiger partial charge on any atom is 0.00658 e. The Morgan fingerprint density at radius 3 is 2.54 bits per heavy atom. The van der Waals surface area contributed by atoms with E-state index in [0.717, 1.165) is 6.16 Å². The average molecular weight is 215 g/mol. The molecule has 1 unspecified atom stereocenters. The SMILES string of the molecule is CCCCP(Cl)Cc1ccccc1. The van der Waals surface area contributed by atoms with Crippen LogP contribution in [0.1, 0.15) is 25.3 Å². The highest BCUT2D eigenvalue weighted by Crippen LogP contribution is 2.45. The van der Waals surface area contributed by atoms with Gasteiger partial charge < -0.3 is 0 Å². The Bertz CT molecular complexity index is 223. The van der Waals surface area contributed by atoms with E-state index >= 15 is 0 Å². The van der Waals surface area contributed by atoms with Crippen LogP contribution in [0.15, 0.2) is 30.3 Å². The van der Waals surface area contributed by atoms with E-state index in [1.165, 1.54) is 24.6 Å². The third-order valence-electron chi connectivity index (χ3n) is 1.95. The number of hydrogen-bond donors (Lipinski definition) is 0. The van der Waals surface area contributed by atoms with Crippen LogP contribution in [-0.4, -0.2) is 6.16 Å². The molecule has 0 fully saturated rings. The molecule has 0 aliphatic rings. The van der Waals surface area contributed by atoms with Crippen LogP contribution in [0.2, 0.25) is 0 Å². The second-order valence-electron chi connectivity index (χ2n) is 3.18. The van der Waals surface area contributed by atoms with Crippen molar-refractivity contribution in [3.63, 3.8) is 0 Å². The highest BCUT2D eigenvalue weighted by Gasteiger charge is 2.03. The van der Waals surface area contributed by atoms with Crippen LogP contribution in [0.25, 0.3) is 0 Å². The molecule has 0 nitrogen and oxygen atoms in total. The van der Waals surface area contributed by atoms with Crippen molar-refractivity contribution in [3.8, 4) is 0 Å². The first kappa shape index (κ1) is 11.0. The monoisotopic (exact) mass is 214 g/mol. The summed E-state index contributed by atoms with van der Waals surface area (Å²) >= 11 is 6.26. The molecule has 0 N–H and O–H groups in total. The number of halogens is 1. The van der Waals surface area contributed by atoms with Crippen molar-refractivity contribution in [3.05, 3.63) is 35.9 Å². The molecule has 0 aliphatic carbocycles. The molecule has 1 rings (SSSR count). The van der Waals surface area contributed by atoms with Gasteiger partial charge in [0.1, 0.15) is 0 Å². The topological polar surface area (TPSA) is 0 Å². The number of benzene rings is 1. The standard InChI is InChI=1S/C11H16ClP/c1-2-3-9-13(12)10-11-7-5-4-6-8-11/h4-8H,2-3,9-10H2,1H3. The minimum absolute atomic E-state index is 0.291. The Morgan fingerprint density at radius 1 is 1.23 bits per heavy atom. The summed E-state index contributed by atoms with van der Waals surface area (Å²) in [4.78, 5) is 0. The number of rotatable bonds is 5. The van der Waals surface area contributed by atoms with E-state index in [1.807, 2.05) is 6.07 Å².